The van der Waals surface area contributed by atoms with E-state index in [0.29, 0.717) is 24.9 Å². The third kappa shape index (κ3) is 4.78. The number of carbonyl (C=O) groups excluding carboxylic acids is 1. The molecule has 33 heavy (non-hydrogen) atoms. The zero-order chi connectivity index (χ0) is 22.8. The molecular weight excluding hydrogens is 435 g/mol. The number of hydrogen-bond acceptors (Lipinski definition) is 4. The van der Waals surface area contributed by atoms with Crippen molar-refractivity contribution in [1.29, 1.82) is 0 Å². The molecular formula is C26H23FN4OS. The highest BCUT2D eigenvalue weighted by Gasteiger charge is 2.13. The van der Waals surface area contributed by atoms with Crippen molar-refractivity contribution >= 4 is 39.0 Å². The van der Waals surface area contributed by atoms with Gasteiger partial charge in [0.1, 0.15) is 11.6 Å². The van der Waals surface area contributed by atoms with Gasteiger partial charge in [-0.05, 0) is 41.5 Å². The molecule has 7 heteroatoms. The Hall–Kier alpha value is -3.58. The second-order valence-corrected chi connectivity index (χ2v) is 9.22. The van der Waals surface area contributed by atoms with Gasteiger partial charge in [0.15, 0.2) is 0 Å². The molecule has 1 amide bonds. The number of amides is 1. The Balaban J connectivity index is 1.19. The number of nitrogens with zero attached hydrogens (tertiary/aromatic N) is 2. The molecule has 2 aromatic heterocycles. The van der Waals surface area contributed by atoms with Gasteiger partial charge in [0, 0.05) is 24.3 Å². The predicted molar refractivity (Wildman–Crippen MR) is 130 cm³/mol. The average Bonchev–Trinajstić information content (AvgIpc) is 3.36. The van der Waals surface area contributed by atoms with Crippen LogP contribution in [0.1, 0.15) is 27.0 Å². The summed E-state index contributed by atoms with van der Waals surface area (Å²) in [4.78, 5) is 25.7. The van der Waals surface area contributed by atoms with E-state index in [1.165, 1.54) is 28.5 Å². The van der Waals surface area contributed by atoms with Crippen molar-refractivity contribution in [2.24, 2.45) is 0 Å². The van der Waals surface area contributed by atoms with Crippen LogP contribution in [0.15, 0.2) is 60.7 Å². The lowest BCUT2D eigenvalue weighted by atomic mass is 10.0. The molecule has 0 bridgehead atoms. The topological polar surface area (TPSA) is 70.7 Å². The number of carbonyl (C=O) groups is 1. The van der Waals surface area contributed by atoms with Crippen LogP contribution in [0.3, 0.4) is 0 Å². The van der Waals surface area contributed by atoms with Crippen LogP contribution < -0.4 is 5.32 Å². The maximum absolute atomic E-state index is 13.3. The van der Waals surface area contributed by atoms with Crippen molar-refractivity contribution in [2.75, 3.05) is 6.54 Å². The van der Waals surface area contributed by atoms with Gasteiger partial charge in [-0.25, -0.2) is 14.4 Å². The molecule has 0 aliphatic carbocycles. The number of rotatable bonds is 7. The van der Waals surface area contributed by atoms with E-state index >= 15 is 0 Å². The van der Waals surface area contributed by atoms with Crippen LogP contribution in [0.4, 0.5) is 4.39 Å². The monoisotopic (exact) mass is 458 g/mol. The third-order valence-corrected chi connectivity index (χ3v) is 6.81. The number of hydrogen-bond donors (Lipinski definition) is 2. The molecule has 0 fully saturated rings. The number of thiazole rings is 1. The molecule has 0 aliphatic rings. The zero-order valence-electron chi connectivity index (χ0n) is 18.2. The smallest absolute Gasteiger partial charge is 0.225 e. The van der Waals surface area contributed by atoms with E-state index in [1.54, 1.807) is 17.4 Å². The van der Waals surface area contributed by atoms with E-state index in [0.717, 1.165) is 33.3 Å². The largest absolute Gasteiger partial charge is 0.355 e. The van der Waals surface area contributed by atoms with Gasteiger partial charge in [-0.15, -0.1) is 11.3 Å². The van der Waals surface area contributed by atoms with Crippen LogP contribution in [0.25, 0.3) is 21.8 Å². The van der Waals surface area contributed by atoms with Gasteiger partial charge >= 0.3 is 0 Å². The number of benzene rings is 3. The number of aryl methyl sites for hydroxylation is 1. The number of imidazole rings is 1. The molecule has 2 heterocycles. The first-order valence-corrected chi connectivity index (χ1v) is 11.7. The van der Waals surface area contributed by atoms with E-state index in [9.17, 15) is 9.18 Å². The minimum absolute atomic E-state index is 0.0411. The van der Waals surface area contributed by atoms with E-state index in [4.69, 9.17) is 4.98 Å². The summed E-state index contributed by atoms with van der Waals surface area (Å²) in [6.45, 7) is 2.42. The van der Waals surface area contributed by atoms with E-state index in [-0.39, 0.29) is 11.7 Å². The molecule has 0 saturated carbocycles. The van der Waals surface area contributed by atoms with Gasteiger partial charge in [0.25, 0.3) is 0 Å². The number of nitrogens with one attached hydrogen (secondary N) is 2. The van der Waals surface area contributed by atoms with Crippen LogP contribution in [0, 0.1) is 12.7 Å². The maximum atomic E-state index is 13.3. The fourth-order valence-corrected chi connectivity index (χ4v) is 5.11. The van der Waals surface area contributed by atoms with E-state index in [2.05, 4.69) is 51.7 Å². The molecule has 0 radical (unpaired) electrons. The average molecular weight is 459 g/mol. The van der Waals surface area contributed by atoms with E-state index < -0.39 is 0 Å². The lowest BCUT2D eigenvalue weighted by Gasteiger charge is -2.04. The van der Waals surface area contributed by atoms with Gasteiger partial charge in [0.05, 0.1) is 28.2 Å². The van der Waals surface area contributed by atoms with Crippen molar-refractivity contribution in [3.63, 3.8) is 0 Å². The van der Waals surface area contributed by atoms with Gasteiger partial charge in [-0.1, -0.05) is 42.5 Å². The molecule has 0 saturated heterocycles. The van der Waals surface area contributed by atoms with Crippen molar-refractivity contribution in [2.45, 2.75) is 26.2 Å². The minimum atomic E-state index is -0.300. The molecule has 0 atom stereocenters. The van der Waals surface area contributed by atoms with Gasteiger partial charge < -0.3 is 10.3 Å². The SMILES string of the molecule is Cc1nc(Cc2cccc3ccccc23)sc1CC(=O)NCCc1nc2ccc(F)cc2[nH]1. The van der Waals surface area contributed by atoms with Crippen LogP contribution in [-0.4, -0.2) is 27.4 Å². The number of aromatic amines is 1. The molecule has 0 unspecified atom stereocenters. The Morgan fingerprint density at radius 1 is 1.09 bits per heavy atom. The Morgan fingerprint density at radius 2 is 1.94 bits per heavy atom. The van der Waals surface area contributed by atoms with Crippen molar-refractivity contribution < 1.29 is 9.18 Å². The Bertz CT molecular complexity index is 1450. The molecule has 2 N–H and O–H groups in total. The Kier molecular flexibility index (Phi) is 5.88. The Labute approximate surface area is 194 Å². The fraction of sp³-hybridized carbons (Fsp3) is 0.192. The van der Waals surface area contributed by atoms with Crippen LogP contribution in [0.5, 0.6) is 0 Å². The number of halogens is 1. The summed E-state index contributed by atoms with van der Waals surface area (Å²) in [5.41, 5.74) is 3.53. The second-order valence-electron chi connectivity index (χ2n) is 8.05. The van der Waals surface area contributed by atoms with Gasteiger partial charge in [-0.2, -0.15) is 0 Å². The summed E-state index contributed by atoms with van der Waals surface area (Å²) >= 11 is 1.60. The van der Waals surface area contributed by atoms with Crippen LogP contribution >= 0.6 is 11.3 Å². The highest BCUT2D eigenvalue weighted by molar-refractivity contribution is 7.11. The van der Waals surface area contributed by atoms with E-state index in [1.807, 2.05) is 13.0 Å². The second kappa shape index (κ2) is 9.11. The lowest BCUT2D eigenvalue weighted by Crippen LogP contribution is -2.27. The first kappa shape index (κ1) is 21.3. The van der Waals surface area contributed by atoms with Crippen LogP contribution in [0.2, 0.25) is 0 Å². The molecule has 5 aromatic rings. The van der Waals surface area contributed by atoms with Crippen molar-refractivity contribution in [3.05, 3.63) is 93.4 Å². The molecule has 0 spiro atoms. The molecule has 5 rings (SSSR count). The normalized spacial score (nSPS) is 11.3. The number of H-pyrrole nitrogens is 1. The molecule has 5 nitrogen and oxygen atoms in total. The quantitative estimate of drug-likeness (QED) is 0.356. The van der Waals surface area contributed by atoms with Gasteiger partial charge in [-0.3, -0.25) is 4.79 Å². The first-order valence-electron chi connectivity index (χ1n) is 10.9. The first-order chi connectivity index (χ1) is 16.0. The highest BCUT2D eigenvalue weighted by Crippen LogP contribution is 2.25. The summed E-state index contributed by atoms with van der Waals surface area (Å²) in [5.74, 6) is 0.383. The van der Waals surface area contributed by atoms with Crippen molar-refractivity contribution in [3.8, 4) is 0 Å². The minimum Gasteiger partial charge on any atom is -0.355 e. The highest BCUT2D eigenvalue weighted by atomic mass is 32.1. The fourth-order valence-electron chi connectivity index (χ4n) is 4.02. The van der Waals surface area contributed by atoms with Gasteiger partial charge in [0.2, 0.25) is 5.91 Å². The summed E-state index contributed by atoms with van der Waals surface area (Å²) in [6.07, 6.45) is 1.61. The number of fused-ring (bicyclic) bond motifs is 2. The lowest BCUT2D eigenvalue weighted by molar-refractivity contribution is -0.120. The maximum Gasteiger partial charge on any atom is 0.225 e. The summed E-state index contributed by atoms with van der Waals surface area (Å²) < 4.78 is 13.3. The number of aromatic nitrogens is 3. The molecule has 0 aliphatic heterocycles. The Morgan fingerprint density at radius 3 is 2.85 bits per heavy atom. The zero-order valence-corrected chi connectivity index (χ0v) is 19.0. The molecule has 166 valence electrons. The summed E-state index contributed by atoms with van der Waals surface area (Å²) in [6, 6.07) is 19.1. The van der Waals surface area contributed by atoms with Crippen LogP contribution in [-0.2, 0) is 24.1 Å². The summed E-state index contributed by atoms with van der Waals surface area (Å²) in [7, 11) is 0. The molecule has 3 aromatic carbocycles. The van der Waals surface area contributed by atoms with Crippen molar-refractivity contribution in [1.82, 2.24) is 20.3 Å². The third-order valence-electron chi connectivity index (χ3n) is 5.66. The standard InChI is InChI=1S/C26H23FN4OS/c1-16-23(33-26(29-16)13-18-7-4-6-17-5-2-3-8-20(17)18)15-25(32)28-12-11-24-30-21-10-9-19(27)14-22(21)31-24/h2-10,14H,11-13,15H2,1H3,(H,28,32)(H,30,31). The predicted octanol–water partition coefficient (Wildman–Crippen LogP) is 5.11. The summed E-state index contributed by atoms with van der Waals surface area (Å²) in [5, 5.41) is 6.42.